The lowest BCUT2D eigenvalue weighted by atomic mass is 10.2. The van der Waals surface area contributed by atoms with Gasteiger partial charge in [-0.1, -0.05) is 13.8 Å². The third-order valence-electron chi connectivity index (χ3n) is 2.39. The average Bonchev–Trinajstić information content (AvgIpc) is 2.65. The summed E-state index contributed by atoms with van der Waals surface area (Å²) in [5.74, 6) is 0. The van der Waals surface area contributed by atoms with Crippen LogP contribution >= 0.6 is 11.3 Å². The number of nitrogens with one attached hydrogen (secondary N) is 1. The molecule has 0 fully saturated rings. The summed E-state index contributed by atoms with van der Waals surface area (Å²) in [7, 11) is 0. The Bertz CT molecular complexity index is 258. The van der Waals surface area contributed by atoms with Gasteiger partial charge in [-0.05, 0) is 19.8 Å². The van der Waals surface area contributed by atoms with Crippen LogP contribution in [-0.4, -0.2) is 17.6 Å². The van der Waals surface area contributed by atoms with Gasteiger partial charge in [0.1, 0.15) is 0 Å². The number of hydrogen-bond acceptors (Lipinski definition) is 3. The molecule has 80 valence electrons. The largest absolute Gasteiger partial charge is 0.314 e. The van der Waals surface area contributed by atoms with E-state index >= 15 is 0 Å². The van der Waals surface area contributed by atoms with Crippen LogP contribution in [0, 0.1) is 0 Å². The molecule has 0 spiro atoms. The summed E-state index contributed by atoms with van der Waals surface area (Å²) >= 11 is 1.84. The molecule has 1 unspecified atom stereocenters. The highest BCUT2D eigenvalue weighted by molar-refractivity contribution is 7.11. The Morgan fingerprint density at radius 2 is 2.29 bits per heavy atom. The molecule has 0 saturated heterocycles. The van der Waals surface area contributed by atoms with E-state index in [4.69, 9.17) is 0 Å². The fourth-order valence-electron chi connectivity index (χ4n) is 1.20. The minimum Gasteiger partial charge on any atom is -0.314 e. The molecule has 0 radical (unpaired) electrons. The highest BCUT2D eigenvalue weighted by Crippen LogP contribution is 2.13. The molecule has 1 heterocycles. The molecule has 0 aliphatic rings. The van der Waals surface area contributed by atoms with E-state index in [9.17, 15) is 0 Å². The summed E-state index contributed by atoms with van der Waals surface area (Å²) in [6, 6.07) is 0.626. The number of aromatic nitrogens is 1. The van der Waals surface area contributed by atoms with Crippen molar-refractivity contribution in [2.75, 3.05) is 6.54 Å². The topological polar surface area (TPSA) is 24.9 Å². The van der Waals surface area contributed by atoms with Gasteiger partial charge in [0.25, 0.3) is 0 Å². The van der Waals surface area contributed by atoms with E-state index in [1.165, 1.54) is 16.3 Å². The first-order valence-electron chi connectivity index (χ1n) is 5.43. The third kappa shape index (κ3) is 3.76. The van der Waals surface area contributed by atoms with E-state index in [0.29, 0.717) is 6.04 Å². The Balaban J connectivity index is 2.24. The van der Waals surface area contributed by atoms with Crippen LogP contribution in [0.2, 0.25) is 0 Å². The van der Waals surface area contributed by atoms with Crippen LogP contribution in [0.4, 0.5) is 0 Å². The molecule has 1 atom stereocenters. The maximum atomic E-state index is 4.39. The Labute approximate surface area is 90.8 Å². The normalized spacial score (nSPS) is 13.1. The molecule has 0 aliphatic carbocycles. The number of hydrogen-bond donors (Lipinski definition) is 1. The molecule has 1 aromatic heterocycles. The van der Waals surface area contributed by atoms with E-state index in [0.717, 1.165) is 19.4 Å². The quantitative estimate of drug-likeness (QED) is 0.784. The molecule has 2 nitrogen and oxygen atoms in total. The van der Waals surface area contributed by atoms with Crippen molar-refractivity contribution >= 4 is 11.3 Å². The fraction of sp³-hybridized carbons (Fsp3) is 0.727. The van der Waals surface area contributed by atoms with E-state index in [2.05, 4.69) is 31.1 Å². The smallest absolute Gasteiger partial charge is 0.0940 e. The second-order valence-corrected chi connectivity index (χ2v) is 4.79. The van der Waals surface area contributed by atoms with Gasteiger partial charge in [0.15, 0.2) is 0 Å². The summed E-state index contributed by atoms with van der Waals surface area (Å²) in [6.07, 6.45) is 5.37. The van der Waals surface area contributed by atoms with Crippen molar-refractivity contribution in [2.24, 2.45) is 0 Å². The molecule has 0 amide bonds. The maximum Gasteiger partial charge on any atom is 0.0940 e. The molecule has 1 aromatic rings. The molecule has 3 heteroatoms. The van der Waals surface area contributed by atoms with Crippen molar-refractivity contribution in [3.05, 3.63) is 16.1 Å². The highest BCUT2D eigenvalue weighted by atomic mass is 32.1. The SMILES string of the molecule is CCc1cnc(CCNC(C)CC)s1. The van der Waals surface area contributed by atoms with Gasteiger partial charge >= 0.3 is 0 Å². The van der Waals surface area contributed by atoms with E-state index in [1.807, 2.05) is 17.5 Å². The lowest BCUT2D eigenvalue weighted by Gasteiger charge is -2.09. The van der Waals surface area contributed by atoms with Gasteiger partial charge in [0.05, 0.1) is 5.01 Å². The Morgan fingerprint density at radius 3 is 2.86 bits per heavy atom. The number of nitrogens with zero attached hydrogens (tertiary/aromatic N) is 1. The lowest BCUT2D eigenvalue weighted by Crippen LogP contribution is -2.27. The van der Waals surface area contributed by atoms with Crippen molar-refractivity contribution in [3.8, 4) is 0 Å². The Hall–Kier alpha value is -0.410. The van der Waals surface area contributed by atoms with Gasteiger partial charge in [0, 0.05) is 30.1 Å². The van der Waals surface area contributed by atoms with Crippen molar-refractivity contribution in [1.29, 1.82) is 0 Å². The molecule has 0 bridgehead atoms. The zero-order valence-corrected chi connectivity index (χ0v) is 10.2. The van der Waals surface area contributed by atoms with Gasteiger partial charge in [-0.25, -0.2) is 4.98 Å². The standard InChI is InChI=1S/C11H20N2S/c1-4-9(3)12-7-6-11-13-8-10(5-2)14-11/h8-9,12H,4-7H2,1-3H3. The third-order valence-corrected chi connectivity index (χ3v) is 3.60. The van der Waals surface area contributed by atoms with Crippen LogP contribution in [0.1, 0.15) is 37.1 Å². The summed E-state index contributed by atoms with van der Waals surface area (Å²) in [4.78, 5) is 5.78. The van der Waals surface area contributed by atoms with E-state index in [-0.39, 0.29) is 0 Å². The average molecular weight is 212 g/mol. The van der Waals surface area contributed by atoms with Crippen LogP contribution < -0.4 is 5.32 Å². The second-order valence-electron chi connectivity index (χ2n) is 3.59. The van der Waals surface area contributed by atoms with Gasteiger partial charge in [-0.3, -0.25) is 0 Å². The van der Waals surface area contributed by atoms with Crippen LogP contribution in [0.5, 0.6) is 0 Å². The van der Waals surface area contributed by atoms with Gasteiger partial charge in [0.2, 0.25) is 0 Å². The number of thiazole rings is 1. The van der Waals surface area contributed by atoms with Gasteiger partial charge < -0.3 is 5.32 Å². The maximum absolute atomic E-state index is 4.39. The molecule has 0 aliphatic heterocycles. The molecule has 1 rings (SSSR count). The van der Waals surface area contributed by atoms with E-state index in [1.54, 1.807) is 0 Å². The predicted octanol–water partition coefficient (Wildman–Crippen LogP) is 2.64. The zero-order chi connectivity index (χ0) is 10.4. The number of rotatable bonds is 6. The first-order chi connectivity index (χ1) is 6.76. The Kier molecular flexibility index (Phi) is 5.12. The second kappa shape index (κ2) is 6.14. The first-order valence-corrected chi connectivity index (χ1v) is 6.24. The van der Waals surface area contributed by atoms with Crippen molar-refractivity contribution in [3.63, 3.8) is 0 Å². The summed E-state index contributed by atoms with van der Waals surface area (Å²) in [5.41, 5.74) is 0. The lowest BCUT2D eigenvalue weighted by molar-refractivity contribution is 0.537. The van der Waals surface area contributed by atoms with Gasteiger partial charge in [-0.2, -0.15) is 0 Å². The molecular formula is C11H20N2S. The number of aryl methyl sites for hydroxylation is 1. The van der Waals surface area contributed by atoms with Gasteiger partial charge in [-0.15, -0.1) is 11.3 Å². The Morgan fingerprint density at radius 1 is 1.50 bits per heavy atom. The predicted molar refractivity (Wildman–Crippen MR) is 63.0 cm³/mol. The minimum atomic E-state index is 0.626. The summed E-state index contributed by atoms with van der Waals surface area (Å²) < 4.78 is 0. The molecule has 1 N–H and O–H groups in total. The van der Waals surface area contributed by atoms with Crippen LogP contribution in [0.15, 0.2) is 6.20 Å². The molecule has 0 saturated carbocycles. The van der Waals surface area contributed by atoms with Crippen LogP contribution in [0.25, 0.3) is 0 Å². The highest BCUT2D eigenvalue weighted by Gasteiger charge is 2.01. The monoisotopic (exact) mass is 212 g/mol. The molecule has 14 heavy (non-hydrogen) atoms. The van der Waals surface area contributed by atoms with Crippen LogP contribution in [0.3, 0.4) is 0 Å². The van der Waals surface area contributed by atoms with Crippen LogP contribution in [-0.2, 0) is 12.8 Å². The molecule has 0 aromatic carbocycles. The fourth-order valence-corrected chi connectivity index (χ4v) is 2.06. The van der Waals surface area contributed by atoms with Crippen molar-refractivity contribution in [1.82, 2.24) is 10.3 Å². The summed E-state index contributed by atoms with van der Waals surface area (Å²) in [5, 5.41) is 4.74. The van der Waals surface area contributed by atoms with Crippen molar-refractivity contribution in [2.45, 2.75) is 46.1 Å². The summed E-state index contributed by atoms with van der Waals surface area (Å²) in [6.45, 7) is 7.65. The zero-order valence-electron chi connectivity index (χ0n) is 9.34. The minimum absolute atomic E-state index is 0.626. The van der Waals surface area contributed by atoms with Crippen molar-refractivity contribution < 1.29 is 0 Å². The first kappa shape index (κ1) is 11.7. The van der Waals surface area contributed by atoms with E-state index < -0.39 is 0 Å². The molecular weight excluding hydrogens is 192 g/mol.